The Labute approximate surface area is 132 Å². The number of benzene rings is 1. The summed E-state index contributed by atoms with van der Waals surface area (Å²) in [6.45, 7) is 0.155. The maximum absolute atomic E-state index is 12.2. The Morgan fingerprint density at radius 2 is 1.95 bits per heavy atom. The molecule has 1 aromatic carbocycles. The average molecular weight is 355 g/mol. The predicted octanol–water partition coefficient (Wildman–Crippen LogP) is 2.80. The molecule has 1 saturated carbocycles. The molecule has 0 aliphatic heterocycles. The van der Waals surface area contributed by atoms with Crippen molar-refractivity contribution in [2.75, 3.05) is 12.3 Å². The molecule has 0 heterocycles. The van der Waals surface area contributed by atoms with Gasteiger partial charge < -0.3 is 16.2 Å². The molecular weight excluding hydrogens is 336 g/mol. The third-order valence-electron chi connectivity index (χ3n) is 4.09. The summed E-state index contributed by atoms with van der Waals surface area (Å²) in [6, 6.07) is 4.98. The summed E-state index contributed by atoms with van der Waals surface area (Å²) in [5, 5.41) is 12.2. The fraction of sp³-hybridized carbons (Fsp3) is 0.467. The number of aliphatic carboxylic acids is 1. The van der Waals surface area contributed by atoms with Gasteiger partial charge in [-0.25, -0.2) is 0 Å². The Balaban J connectivity index is 2.08. The van der Waals surface area contributed by atoms with Crippen molar-refractivity contribution < 1.29 is 14.7 Å². The summed E-state index contributed by atoms with van der Waals surface area (Å²) in [5.74, 6) is -1.13. The van der Waals surface area contributed by atoms with Gasteiger partial charge in [0.25, 0.3) is 5.91 Å². The molecule has 0 atom stereocenters. The lowest BCUT2D eigenvalue weighted by Gasteiger charge is -2.33. The van der Waals surface area contributed by atoms with Crippen LogP contribution in [0, 0.1) is 5.41 Å². The van der Waals surface area contributed by atoms with Gasteiger partial charge in [0.05, 0.1) is 11.0 Å². The number of anilines is 1. The monoisotopic (exact) mass is 354 g/mol. The minimum absolute atomic E-state index is 0.155. The lowest BCUT2D eigenvalue weighted by atomic mass is 9.74. The third-order valence-corrected chi connectivity index (χ3v) is 4.78. The minimum Gasteiger partial charge on any atom is -0.481 e. The van der Waals surface area contributed by atoms with Crippen molar-refractivity contribution in [2.45, 2.75) is 32.1 Å². The van der Waals surface area contributed by atoms with Crippen molar-refractivity contribution in [3.05, 3.63) is 28.2 Å². The number of amides is 1. The van der Waals surface area contributed by atoms with Crippen LogP contribution < -0.4 is 11.1 Å². The molecule has 1 fully saturated rings. The van der Waals surface area contributed by atoms with Gasteiger partial charge in [-0.15, -0.1) is 0 Å². The lowest BCUT2D eigenvalue weighted by molar-refractivity contribution is -0.150. The summed E-state index contributed by atoms with van der Waals surface area (Å²) in [6.07, 6.45) is 4.07. The number of carboxylic acid groups (broad SMARTS) is 1. The molecule has 0 radical (unpaired) electrons. The number of nitrogens with one attached hydrogen (secondary N) is 1. The highest BCUT2D eigenvalue weighted by atomic mass is 79.9. The van der Waals surface area contributed by atoms with Crippen LogP contribution in [0.15, 0.2) is 22.7 Å². The normalized spacial score (nSPS) is 17.2. The fourth-order valence-electron chi connectivity index (χ4n) is 2.76. The zero-order chi connectivity index (χ0) is 15.5. The van der Waals surface area contributed by atoms with Crippen LogP contribution in [-0.2, 0) is 4.79 Å². The van der Waals surface area contributed by atoms with E-state index in [1.54, 1.807) is 18.2 Å². The molecule has 6 heteroatoms. The van der Waals surface area contributed by atoms with Crippen molar-refractivity contribution in [2.24, 2.45) is 5.41 Å². The molecule has 21 heavy (non-hydrogen) atoms. The summed E-state index contributed by atoms with van der Waals surface area (Å²) in [7, 11) is 0. The SMILES string of the molecule is Nc1ccc(Br)c(C(=O)NCC2(C(=O)O)CCCCC2)c1. The lowest BCUT2D eigenvalue weighted by Crippen LogP contribution is -2.44. The van der Waals surface area contributed by atoms with Gasteiger partial charge in [0, 0.05) is 16.7 Å². The largest absolute Gasteiger partial charge is 0.481 e. The maximum Gasteiger partial charge on any atom is 0.311 e. The number of carbonyl (C=O) groups excluding carboxylic acids is 1. The van der Waals surface area contributed by atoms with Crippen molar-refractivity contribution in [1.29, 1.82) is 0 Å². The van der Waals surface area contributed by atoms with E-state index in [2.05, 4.69) is 21.2 Å². The van der Waals surface area contributed by atoms with E-state index in [1.165, 1.54) is 0 Å². The van der Waals surface area contributed by atoms with Crippen molar-refractivity contribution >= 4 is 33.5 Å². The topological polar surface area (TPSA) is 92.4 Å². The molecule has 1 amide bonds. The second-order valence-electron chi connectivity index (χ2n) is 5.57. The van der Waals surface area contributed by atoms with Gasteiger partial charge in [0.1, 0.15) is 0 Å². The number of nitrogens with two attached hydrogens (primary N) is 1. The Hall–Kier alpha value is -1.56. The number of hydrogen-bond acceptors (Lipinski definition) is 3. The second-order valence-corrected chi connectivity index (χ2v) is 6.42. The molecule has 114 valence electrons. The number of hydrogen-bond donors (Lipinski definition) is 3. The Morgan fingerprint density at radius 3 is 2.57 bits per heavy atom. The van der Waals surface area contributed by atoms with Crippen LogP contribution in [0.25, 0.3) is 0 Å². The van der Waals surface area contributed by atoms with Gasteiger partial charge in [-0.2, -0.15) is 0 Å². The fourth-order valence-corrected chi connectivity index (χ4v) is 3.18. The van der Waals surface area contributed by atoms with Crippen LogP contribution in [0.1, 0.15) is 42.5 Å². The van der Waals surface area contributed by atoms with E-state index in [0.29, 0.717) is 28.6 Å². The molecule has 1 aliphatic rings. The smallest absolute Gasteiger partial charge is 0.311 e. The molecule has 1 aliphatic carbocycles. The highest BCUT2D eigenvalue weighted by molar-refractivity contribution is 9.10. The van der Waals surface area contributed by atoms with E-state index in [9.17, 15) is 14.7 Å². The van der Waals surface area contributed by atoms with Crippen LogP contribution >= 0.6 is 15.9 Å². The first kappa shape index (κ1) is 15.8. The van der Waals surface area contributed by atoms with E-state index in [0.717, 1.165) is 19.3 Å². The number of carbonyl (C=O) groups is 2. The van der Waals surface area contributed by atoms with E-state index in [1.807, 2.05) is 0 Å². The van der Waals surface area contributed by atoms with Crippen LogP contribution in [0.4, 0.5) is 5.69 Å². The predicted molar refractivity (Wildman–Crippen MR) is 84.0 cm³/mol. The summed E-state index contributed by atoms with van der Waals surface area (Å²) < 4.78 is 0.641. The van der Waals surface area contributed by atoms with Gasteiger partial charge >= 0.3 is 5.97 Å². The van der Waals surface area contributed by atoms with Gasteiger partial charge in [-0.1, -0.05) is 19.3 Å². The van der Waals surface area contributed by atoms with Gasteiger partial charge in [-0.3, -0.25) is 9.59 Å². The molecule has 2 rings (SSSR count). The van der Waals surface area contributed by atoms with Crippen LogP contribution in [0.2, 0.25) is 0 Å². The molecule has 0 bridgehead atoms. The van der Waals surface area contributed by atoms with E-state index >= 15 is 0 Å². The number of nitrogen functional groups attached to an aromatic ring is 1. The molecule has 0 aromatic heterocycles. The summed E-state index contributed by atoms with van der Waals surface area (Å²) >= 11 is 3.31. The molecule has 0 unspecified atom stereocenters. The molecule has 5 nitrogen and oxygen atoms in total. The second kappa shape index (κ2) is 6.47. The third kappa shape index (κ3) is 3.56. The van der Waals surface area contributed by atoms with Gasteiger partial charge in [-0.05, 0) is 47.0 Å². The van der Waals surface area contributed by atoms with Crippen molar-refractivity contribution in [3.63, 3.8) is 0 Å². The summed E-state index contributed by atoms with van der Waals surface area (Å²) in [4.78, 5) is 23.8. The molecular formula is C15H19BrN2O3. The van der Waals surface area contributed by atoms with Crippen LogP contribution in [-0.4, -0.2) is 23.5 Å². The summed E-state index contributed by atoms with van der Waals surface area (Å²) in [5.41, 5.74) is 5.77. The van der Waals surface area contributed by atoms with Crippen LogP contribution in [0.5, 0.6) is 0 Å². The van der Waals surface area contributed by atoms with E-state index in [-0.39, 0.29) is 12.5 Å². The Bertz CT molecular complexity index is 554. The zero-order valence-electron chi connectivity index (χ0n) is 11.7. The van der Waals surface area contributed by atoms with Gasteiger partial charge in [0.15, 0.2) is 0 Å². The quantitative estimate of drug-likeness (QED) is 0.724. The van der Waals surface area contributed by atoms with Crippen molar-refractivity contribution in [1.82, 2.24) is 5.32 Å². The highest BCUT2D eigenvalue weighted by Crippen LogP contribution is 2.36. The number of carboxylic acids is 1. The Kier molecular flexibility index (Phi) is 4.88. The molecule has 0 saturated heterocycles. The van der Waals surface area contributed by atoms with E-state index < -0.39 is 11.4 Å². The molecule has 0 spiro atoms. The number of halogens is 1. The first-order chi connectivity index (χ1) is 9.94. The first-order valence-corrected chi connectivity index (χ1v) is 7.80. The van der Waals surface area contributed by atoms with Crippen LogP contribution in [0.3, 0.4) is 0 Å². The Morgan fingerprint density at radius 1 is 1.29 bits per heavy atom. The maximum atomic E-state index is 12.2. The average Bonchev–Trinajstić information content (AvgIpc) is 2.48. The highest BCUT2D eigenvalue weighted by Gasteiger charge is 2.39. The van der Waals surface area contributed by atoms with E-state index in [4.69, 9.17) is 5.73 Å². The number of rotatable bonds is 4. The standard InChI is InChI=1S/C15H19BrN2O3/c16-12-5-4-10(17)8-11(12)13(19)18-9-15(14(20)21)6-2-1-3-7-15/h4-5,8H,1-3,6-7,9,17H2,(H,18,19)(H,20,21). The zero-order valence-corrected chi connectivity index (χ0v) is 13.3. The molecule has 4 N–H and O–H groups in total. The first-order valence-electron chi connectivity index (χ1n) is 7.01. The molecule has 1 aromatic rings. The minimum atomic E-state index is -0.833. The van der Waals surface area contributed by atoms with Gasteiger partial charge in [0.2, 0.25) is 0 Å². The van der Waals surface area contributed by atoms with Crippen molar-refractivity contribution in [3.8, 4) is 0 Å².